The molecule has 2 aromatic rings. The molecule has 0 aromatic carbocycles. The van der Waals surface area contributed by atoms with E-state index in [4.69, 9.17) is 17.3 Å². The number of halogens is 1. The average Bonchev–Trinajstić information content (AvgIpc) is 2.90. The van der Waals surface area contributed by atoms with Crippen molar-refractivity contribution in [2.45, 2.75) is 24.7 Å². The van der Waals surface area contributed by atoms with Crippen LogP contribution in [0.1, 0.15) is 12.5 Å². The van der Waals surface area contributed by atoms with Crippen molar-refractivity contribution in [1.29, 1.82) is 0 Å². The first-order valence-electron chi connectivity index (χ1n) is 7.20. The molecule has 2 saturated carbocycles. The maximum Gasteiger partial charge on any atom is 0.326 e. The van der Waals surface area contributed by atoms with Gasteiger partial charge in [0.2, 0.25) is 5.28 Å². The Morgan fingerprint density at radius 1 is 1.42 bits per heavy atom. The standard InChI is InChI=1S/C12H15ClN5O5P/c13-11-16-9(14)5-10(17-11)18(3-15-5)6-4-1-12(4,2-24(21,22)23)8(20)7(6)19/h3-4,6-8,19-20H,1-2H2,(H2,14,16,17)(H2,21,22,23)/t4-,6-,7+,8+,12?/m1/s1. The van der Waals surface area contributed by atoms with Crippen LogP contribution in [0.2, 0.25) is 5.28 Å². The zero-order valence-corrected chi connectivity index (χ0v) is 13.8. The summed E-state index contributed by atoms with van der Waals surface area (Å²) in [4.78, 5) is 30.6. The minimum atomic E-state index is -4.33. The fourth-order valence-corrected chi connectivity index (χ4v) is 5.55. The van der Waals surface area contributed by atoms with Crippen LogP contribution >= 0.6 is 19.2 Å². The molecule has 2 heterocycles. The third-order valence-electron chi connectivity index (χ3n) is 5.10. The molecule has 1 unspecified atom stereocenters. The summed E-state index contributed by atoms with van der Waals surface area (Å²) in [7, 11) is -4.33. The van der Waals surface area contributed by atoms with Gasteiger partial charge in [-0.2, -0.15) is 9.97 Å². The molecule has 0 radical (unpaired) electrons. The Balaban J connectivity index is 1.78. The molecule has 0 aliphatic heterocycles. The second-order valence-electron chi connectivity index (χ2n) is 6.49. The highest BCUT2D eigenvalue weighted by Crippen LogP contribution is 2.71. The number of hydrogen-bond acceptors (Lipinski definition) is 7. The first-order valence-corrected chi connectivity index (χ1v) is 9.38. The lowest BCUT2D eigenvalue weighted by Crippen LogP contribution is -2.35. The molecule has 0 saturated heterocycles. The Morgan fingerprint density at radius 3 is 2.79 bits per heavy atom. The molecule has 0 spiro atoms. The summed E-state index contributed by atoms with van der Waals surface area (Å²) in [6.07, 6.45) is -1.10. The molecule has 2 aliphatic carbocycles. The van der Waals surface area contributed by atoms with E-state index < -0.39 is 37.4 Å². The molecule has 2 aromatic heterocycles. The predicted octanol–water partition coefficient (Wildman–Crippen LogP) is -0.478. The maximum absolute atomic E-state index is 11.4. The fraction of sp³-hybridized carbons (Fsp3) is 0.583. The Labute approximate surface area is 140 Å². The predicted molar refractivity (Wildman–Crippen MR) is 83.2 cm³/mol. The number of aliphatic hydroxyl groups excluding tert-OH is 2. The van der Waals surface area contributed by atoms with E-state index in [0.717, 1.165) is 0 Å². The highest BCUT2D eigenvalue weighted by atomic mass is 35.5. The normalized spacial score (nSPS) is 35.4. The van der Waals surface area contributed by atoms with Gasteiger partial charge in [-0.1, -0.05) is 0 Å². The Hall–Kier alpha value is -1.29. The van der Waals surface area contributed by atoms with Crippen molar-refractivity contribution in [2.75, 3.05) is 11.9 Å². The van der Waals surface area contributed by atoms with Gasteiger partial charge in [-0.3, -0.25) is 4.57 Å². The summed E-state index contributed by atoms with van der Waals surface area (Å²) in [5.41, 5.74) is 5.38. The molecule has 12 heteroatoms. The lowest BCUT2D eigenvalue weighted by atomic mass is 10.0. The number of nitrogens with two attached hydrogens (primary N) is 1. The topological polar surface area (TPSA) is 168 Å². The molecule has 130 valence electrons. The molecule has 2 fully saturated rings. The highest BCUT2D eigenvalue weighted by Gasteiger charge is 2.72. The monoisotopic (exact) mass is 375 g/mol. The molecule has 0 amide bonds. The van der Waals surface area contributed by atoms with E-state index in [1.165, 1.54) is 6.33 Å². The Morgan fingerprint density at radius 2 is 2.12 bits per heavy atom. The fourth-order valence-electron chi connectivity index (χ4n) is 4.06. The average molecular weight is 376 g/mol. The number of aliphatic hydroxyl groups is 2. The lowest BCUT2D eigenvalue weighted by molar-refractivity contribution is -0.0137. The van der Waals surface area contributed by atoms with Crippen molar-refractivity contribution in [3.63, 3.8) is 0 Å². The quantitative estimate of drug-likeness (QED) is 0.351. The van der Waals surface area contributed by atoms with Gasteiger partial charge >= 0.3 is 7.60 Å². The maximum atomic E-state index is 11.4. The molecule has 5 atom stereocenters. The van der Waals surface area contributed by atoms with Crippen molar-refractivity contribution >= 4 is 36.2 Å². The molecular formula is C12H15ClN5O5P. The Kier molecular flexibility index (Phi) is 3.29. The van der Waals surface area contributed by atoms with Gasteiger partial charge < -0.3 is 30.3 Å². The summed E-state index contributed by atoms with van der Waals surface area (Å²) in [6, 6.07) is -0.623. The zero-order chi connectivity index (χ0) is 17.4. The van der Waals surface area contributed by atoms with Gasteiger partial charge in [0.1, 0.15) is 11.6 Å². The van der Waals surface area contributed by atoms with Crippen LogP contribution in [0.3, 0.4) is 0 Å². The molecule has 24 heavy (non-hydrogen) atoms. The number of rotatable bonds is 3. The van der Waals surface area contributed by atoms with Crippen LogP contribution < -0.4 is 5.73 Å². The number of nitrogens with zero attached hydrogens (tertiary/aromatic N) is 4. The number of hydrogen-bond donors (Lipinski definition) is 5. The van der Waals surface area contributed by atoms with Crippen LogP contribution in [0.4, 0.5) is 5.82 Å². The molecule has 6 N–H and O–H groups in total. The van der Waals surface area contributed by atoms with E-state index in [1.54, 1.807) is 4.57 Å². The minimum Gasteiger partial charge on any atom is -0.390 e. The van der Waals surface area contributed by atoms with Gasteiger partial charge in [0.25, 0.3) is 0 Å². The summed E-state index contributed by atoms with van der Waals surface area (Å²) < 4.78 is 12.9. The molecule has 10 nitrogen and oxygen atoms in total. The van der Waals surface area contributed by atoms with Crippen molar-refractivity contribution in [3.05, 3.63) is 11.6 Å². The lowest BCUT2D eigenvalue weighted by Gasteiger charge is -2.24. The molecule has 0 bridgehead atoms. The SMILES string of the molecule is Nc1nc(Cl)nc2c1ncn2[C@H]1[C@H](O)[C@H](O)C2(CP(=O)(O)O)C[C@H]12. The first-order chi connectivity index (χ1) is 11.1. The molecular weight excluding hydrogens is 361 g/mol. The third kappa shape index (κ3) is 2.18. The van der Waals surface area contributed by atoms with Crippen molar-refractivity contribution < 1.29 is 24.6 Å². The van der Waals surface area contributed by atoms with Gasteiger partial charge in [0.15, 0.2) is 11.5 Å². The Bertz CT molecular complexity index is 886. The van der Waals surface area contributed by atoms with Crippen LogP contribution in [0.15, 0.2) is 6.33 Å². The molecule has 2 aliphatic rings. The van der Waals surface area contributed by atoms with E-state index in [1.807, 2.05) is 0 Å². The van der Waals surface area contributed by atoms with E-state index in [9.17, 15) is 24.6 Å². The minimum absolute atomic E-state index is 0.0768. The summed E-state index contributed by atoms with van der Waals surface area (Å²) in [5, 5.41) is 20.7. The smallest absolute Gasteiger partial charge is 0.326 e. The van der Waals surface area contributed by atoms with Gasteiger partial charge in [0.05, 0.1) is 24.6 Å². The largest absolute Gasteiger partial charge is 0.390 e. The third-order valence-corrected chi connectivity index (χ3v) is 6.27. The van der Waals surface area contributed by atoms with Gasteiger partial charge in [-0.25, -0.2) is 4.98 Å². The van der Waals surface area contributed by atoms with Crippen molar-refractivity contribution in [1.82, 2.24) is 19.5 Å². The summed E-state index contributed by atoms with van der Waals surface area (Å²) >= 11 is 5.83. The summed E-state index contributed by atoms with van der Waals surface area (Å²) in [5.74, 6) is -0.212. The van der Waals surface area contributed by atoms with E-state index in [-0.39, 0.29) is 17.0 Å². The van der Waals surface area contributed by atoms with Crippen LogP contribution in [0.5, 0.6) is 0 Å². The first kappa shape index (κ1) is 16.2. The van der Waals surface area contributed by atoms with Crippen LogP contribution in [0, 0.1) is 11.3 Å². The number of imidazole rings is 1. The van der Waals surface area contributed by atoms with E-state index in [0.29, 0.717) is 17.6 Å². The van der Waals surface area contributed by atoms with Crippen molar-refractivity contribution in [2.24, 2.45) is 11.3 Å². The highest BCUT2D eigenvalue weighted by molar-refractivity contribution is 7.51. The van der Waals surface area contributed by atoms with E-state index >= 15 is 0 Å². The number of fused-ring (bicyclic) bond motifs is 2. The van der Waals surface area contributed by atoms with Crippen LogP contribution in [-0.2, 0) is 4.57 Å². The van der Waals surface area contributed by atoms with E-state index in [2.05, 4.69) is 15.0 Å². The number of nitrogen functional groups attached to an aromatic ring is 1. The van der Waals surface area contributed by atoms with Crippen molar-refractivity contribution in [3.8, 4) is 0 Å². The zero-order valence-electron chi connectivity index (χ0n) is 12.2. The summed E-state index contributed by atoms with van der Waals surface area (Å²) in [6.45, 7) is 0. The van der Waals surface area contributed by atoms with Crippen LogP contribution in [-0.4, -0.2) is 57.9 Å². The van der Waals surface area contributed by atoms with Gasteiger partial charge in [-0.05, 0) is 23.9 Å². The van der Waals surface area contributed by atoms with Gasteiger partial charge in [-0.15, -0.1) is 0 Å². The second-order valence-corrected chi connectivity index (χ2v) is 8.48. The van der Waals surface area contributed by atoms with Crippen LogP contribution in [0.25, 0.3) is 11.2 Å². The second kappa shape index (κ2) is 4.87. The number of aromatic nitrogens is 4. The van der Waals surface area contributed by atoms with Gasteiger partial charge in [0, 0.05) is 5.41 Å². The molecule has 4 rings (SSSR count). The number of anilines is 1.